The van der Waals surface area contributed by atoms with E-state index >= 15 is 0 Å². The number of likely N-dealkylation sites (tertiary alicyclic amines) is 1. The number of likely N-dealkylation sites (N-methyl/N-ethyl adjacent to an activating group) is 1. The predicted octanol–water partition coefficient (Wildman–Crippen LogP) is 3.74. The van der Waals surface area contributed by atoms with Crippen LogP contribution in [0.5, 0.6) is 0 Å². The number of imidazole rings is 1. The van der Waals surface area contributed by atoms with Crippen LogP contribution in [0.25, 0.3) is 0 Å². The van der Waals surface area contributed by atoms with Crippen molar-refractivity contribution in [3.8, 4) is 0 Å². The van der Waals surface area contributed by atoms with E-state index in [4.69, 9.17) is 0 Å². The van der Waals surface area contributed by atoms with E-state index in [-0.39, 0.29) is 11.9 Å². The molecular formula is C21H34N4OS. The van der Waals surface area contributed by atoms with E-state index in [0.717, 1.165) is 37.5 Å². The highest BCUT2D eigenvalue weighted by atomic mass is 32.2. The zero-order chi connectivity index (χ0) is 20.0. The van der Waals surface area contributed by atoms with Gasteiger partial charge in [-0.3, -0.25) is 9.69 Å². The number of thioether (sulfide) groups is 1. The zero-order valence-corrected chi connectivity index (χ0v) is 18.4. The van der Waals surface area contributed by atoms with E-state index in [2.05, 4.69) is 42.8 Å². The largest absolute Gasteiger partial charge is 0.347 e. The zero-order valence-electron chi connectivity index (χ0n) is 17.6. The molecule has 150 valence electrons. The van der Waals surface area contributed by atoms with Gasteiger partial charge in [0, 0.05) is 51.9 Å². The van der Waals surface area contributed by atoms with Crippen LogP contribution in [0.2, 0.25) is 0 Å². The lowest BCUT2D eigenvalue weighted by Gasteiger charge is -2.25. The highest BCUT2D eigenvalue weighted by Crippen LogP contribution is 2.32. The van der Waals surface area contributed by atoms with Gasteiger partial charge in [-0.1, -0.05) is 35.1 Å². The number of carbonyl (C=O) groups excluding carboxylic acids is 1. The minimum Gasteiger partial charge on any atom is -0.347 e. The first-order valence-electron chi connectivity index (χ1n) is 9.66. The van der Waals surface area contributed by atoms with Crippen molar-refractivity contribution in [2.75, 3.05) is 27.2 Å². The maximum absolute atomic E-state index is 12.7. The van der Waals surface area contributed by atoms with Gasteiger partial charge in [0.05, 0.1) is 6.04 Å². The maximum Gasteiger partial charge on any atom is 0.239 e. The van der Waals surface area contributed by atoms with Crippen LogP contribution in [0.15, 0.2) is 40.8 Å². The summed E-state index contributed by atoms with van der Waals surface area (Å²) in [6.45, 7) is 8.22. The molecule has 0 unspecified atom stereocenters. The first-order chi connectivity index (χ1) is 12.8. The number of amides is 1. The number of rotatable bonds is 8. The second-order valence-corrected chi connectivity index (χ2v) is 9.14. The van der Waals surface area contributed by atoms with Gasteiger partial charge in [-0.25, -0.2) is 4.98 Å². The summed E-state index contributed by atoms with van der Waals surface area (Å²) >= 11 is 1.78. The number of aryl methyl sites for hydroxylation is 1. The third-order valence-electron chi connectivity index (χ3n) is 4.91. The van der Waals surface area contributed by atoms with Crippen LogP contribution in [0.4, 0.5) is 0 Å². The molecule has 1 aromatic rings. The molecule has 0 radical (unpaired) electrons. The molecule has 0 saturated carbocycles. The molecule has 1 aliphatic heterocycles. The third kappa shape index (κ3) is 6.54. The molecule has 2 rings (SSSR count). The lowest BCUT2D eigenvalue weighted by atomic mass is 10.1. The van der Waals surface area contributed by atoms with Gasteiger partial charge in [-0.15, -0.1) is 0 Å². The van der Waals surface area contributed by atoms with E-state index in [1.165, 1.54) is 11.1 Å². The van der Waals surface area contributed by atoms with Crippen molar-refractivity contribution in [1.29, 1.82) is 0 Å². The van der Waals surface area contributed by atoms with Crippen molar-refractivity contribution < 1.29 is 4.79 Å². The minimum absolute atomic E-state index is 0.0420. The lowest BCUT2D eigenvalue weighted by Crippen LogP contribution is -2.42. The standard InChI is InChI=1S/C21H34N4OS/c1-16(2)8-7-9-17(3)10-12-25-15-18(14-19(25)20(26)23(4)5)27-21-22-11-13-24(21)6/h8,10-11,13,18-19H,7,9,12,14-15H2,1-6H3/t18-,19+/m1/s1. The molecule has 0 spiro atoms. The summed E-state index contributed by atoms with van der Waals surface area (Å²) in [5.41, 5.74) is 2.76. The van der Waals surface area contributed by atoms with E-state index in [0.29, 0.717) is 5.25 Å². The van der Waals surface area contributed by atoms with Crippen molar-refractivity contribution in [3.05, 3.63) is 35.7 Å². The molecule has 0 aromatic carbocycles. The quantitative estimate of drug-likeness (QED) is 0.634. The van der Waals surface area contributed by atoms with Gasteiger partial charge in [0.15, 0.2) is 5.16 Å². The summed E-state index contributed by atoms with van der Waals surface area (Å²) in [5.74, 6) is 0.202. The maximum atomic E-state index is 12.7. The van der Waals surface area contributed by atoms with E-state index < -0.39 is 0 Å². The lowest BCUT2D eigenvalue weighted by molar-refractivity contribution is -0.133. The number of hydrogen-bond donors (Lipinski definition) is 0. The van der Waals surface area contributed by atoms with Crippen LogP contribution in [0, 0.1) is 0 Å². The number of allylic oxidation sites excluding steroid dienone is 3. The average Bonchev–Trinajstić information content (AvgIpc) is 3.18. The van der Waals surface area contributed by atoms with Crippen molar-refractivity contribution >= 4 is 17.7 Å². The van der Waals surface area contributed by atoms with Crippen molar-refractivity contribution in [3.63, 3.8) is 0 Å². The molecule has 5 nitrogen and oxygen atoms in total. The summed E-state index contributed by atoms with van der Waals surface area (Å²) < 4.78 is 2.05. The molecule has 6 heteroatoms. The monoisotopic (exact) mass is 390 g/mol. The number of aromatic nitrogens is 2. The summed E-state index contributed by atoms with van der Waals surface area (Å²) in [4.78, 5) is 21.2. The number of hydrogen-bond acceptors (Lipinski definition) is 4. The smallest absolute Gasteiger partial charge is 0.239 e. The number of carbonyl (C=O) groups is 1. The first kappa shape index (κ1) is 21.8. The van der Waals surface area contributed by atoms with Crippen LogP contribution in [-0.4, -0.2) is 63.7 Å². The van der Waals surface area contributed by atoms with Gasteiger partial charge in [-0.05, 0) is 40.0 Å². The Kier molecular flexibility index (Phi) is 8.17. The Balaban J connectivity index is 2.01. The van der Waals surface area contributed by atoms with Crippen molar-refractivity contribution in [1.82, 2.24) is 19.4 Å². The van der Waals surface area contributed by atoms with Crippen LogP contribution in [0.1, 0.15) is 40.0 Å². The normalized spacial score (nSPS) is 20.7. The molecule has 0 bridgehead atoms. The second kappa shape index (κ2) is 10.1. The predicted molar refractivity (Wildman–Crippen MR) is 114 cm³/mol. The van der Waals surface area contributed by atoms with Crippen LogP contribution in [-0.2, 0) is 11.8 Å². The molecule has 1 saturated heterocycles. The van der Waals surface area contributed by atoms with Gasteiger partial charge < -0.3 is 9.47 Å². The minimum atomic E-state index is -0.0420. The number of nitrogens with zero attached hydrogens (tertiary/aromatic N) is 4. The molecule has 1 aliphatic rings. The fourth-order valence-electron chi connectivity index (χ4n) is 3.28. The van der Waals surface area contributed by atoms with Crippen LogP contribution < -0.4 is 0 Å². The Morgan fingerprint density at radius 1 is 1.33 bits per heavy atom. The first-order valence-corrected chi connectivity index (χ1v) is 10.5. The molecule has 27 heavy (non-hydrogen) atoms. The van der Waals surface area contributed by atoms with Gasteiger partial charge in [0.1, 0.15) is 0 Å². The molecular weight excluding hydrogens is 356 g/mol. The van der Waals surface area contributed by atoms with Crippen molar-refractivity contribution in [2.24, 2.45) is 7.05 Å². The topological polar surface area (TPSA) is 41.4 Å². The third-order valence-corrected chi connectivity index (χ3v) is 6.18. The molecule has 1 aromatic heterocycles. The summed E-state index contributed by atoms with van der Waals surface area (Å²) in [6, 6.07) is -0.0420. The van der Waals surface area contributed by atoms with E-state index in [1.54, 1.807) is 16.7 Å². The Morgan fingerprint density at radius 2 is 2.07 bits per heavy atom. The van der Waals surface area contributed by atoms with Crippen molar-refractivity contribution in [2.45, 2.75) is 56.5 Å². The van der Waals surface area contributed by atoms with Gasteiger partial charge in [-0.2, -0.15) is 0 Å². The van der Waals surface area contributed by atoms with Crippen LogP contribution in [0.3, 0.4) is 0 Å². The molecule has 0 aliphatic carbocycles. The van der Waals surface area contributed by atoms with Gasteiger partial charge in [0.25, 0.3) is 0 Å². The van der Waals surface area contributed by atoms with E-state index in [1.807, 2.05) is 38.1 Å². The Hall–Kier alpha value is -1.53. The van der Waals surface area contributed by atoms with E-state index in [9.17, 15) is 4.79 Å². The summed E-state index contributed by atoms with van der Waals surface area (Å²) in [5, 5.41) is 1.41. The molecule has 0 N–H and O–H groups in total. The summed E-state index contributed by atoms with van der Waals surface area (Å²) in [7, 11) is 5.71. The molecule has 2 atom stereocenters. The Morgan fingerprint density at radius 3 is 2.67 bits per heavy atom. The Labute approximate surface area is 168 Å². The second-order valence-electron chi connectivity index (χ2n) is 7.87. The SMILES string of the molecule is CC(C)=CCCC(C)=CCN1C[C@H](Sc2nccn2C)C[C@H]1C(=O)N(C)C. The Bertz CT molecular complexity index is 688. The highest BCUT2D eigenvalue weighted by Gasteiger charge is 2.37. The van der Waals surface area contributed by atoms with Crippen LogP contribution >= 0.6 is 11.8 Å². The molecule has 2 heterocycles. The highest BCUT2D eigenvalue weighted by molar-refractivity contribution is 7.99. The fraction of sp³-hybridized carbons (Fsp3) is 0.619. The molecule has 1 amide bonds. The average molecular weight is 391 g/mol. The molecule has 1 fully saturated rings. The van der Waals surface area contributed by atoms with Gasteiger partial charge >= 0.3 is 0 Å². The van der Waals surface area contributed by atoms with Gasteiger partial charge in [0.2, 0.25) is 5.91 Å². The summed E-state index contributed by atoms with van der Waals surface area (Å²) in [6.07, 6.45) is 11.4. The fourth-order valence-corrected chi connectivity index (χ4v) is 4.47.